The average molecular weight is 350 g/mol. The van der Waals surface area contributed by atoms with Gasteiger partial charge in [-0.1, -0.05) is 35.6 Å². The molecule has 0 unspecified atom stereocenters. The number of carbonyl (C=O) groups excluding carboxylic acids is 1. The first-order valence-corrected chi connectivity index (χ1v) is 8.53. The topological polar surface area (TPSA) is 76.9 Å². The molecule has 1 amide bonds. The second kappa shape index (κ2) is 6.10. The number of carbonyl (C=O) groups is 1. The number of rotatable bonds is 3. The Balaban J connectivity index is 1.58. The van der Waals surface area contributed by atoms with Gasteiger partial charge in [0.1, 0.15) is 6.54 Å². The zero-order chi connectivity index (χ0) is 17.4. The molecule has 0 spiro atoms. The summed E-state index contributed by atoms with van der Waals surface area (Å²) in [5, 5.41) is 3.78. The van der Waals surface area contributed by atoms with Gasteiger partial charge in [0.2, 0.25) is 5.91 Å². The van der Waals surface area contributed by atoms with E-state index in [-0.39, 0.29) is 18.0 Å². The number of benzene rings is 2. The highest BCUT2D eigenvalue weighted by atomic mass is 32.1. The summed E-state index contributed by atoms with van der Waals surface area (Å²) < 4.78 is 2.32. The van der Waals surface area contributed by atoms with Crippen molar-refractivity contribution in [2.24, 2.45) is 0 Å². The molecule has 0 bridgehead atoms. The van der Waals surface area contributed by atoms with E-state index >= 15 is 0 Å². The fourth-order valence-corrected chi connectivity index (χ4v) is 3.63. The number of para-hydroxylation sites is 2. The third kappa shape index (κ3) is 2.89. The molecule has 0 saturated carbocycles. The van der Waals surface area contributed by atoms with Gasteiger partial charge in [0.15, 0.2) is 5.13 Å². The van der Waals surface area contributed by atoms with E-state index in [1.165, 1.54) is 22.2 Å². The number of thiazole rings is 1. The molecular weight excluding hydrogens is 336 g/mol. The van der Waals surface area contributed by atoms with Crippen molar-refractivity contribution in [1.82, 2.24) is 14.5 Å². The molecule has 0 atom stereocenters. The minimum absolute atomic E-state index is 0.106. The molecule has 2 aromatic carbocycles. The number of hydrogen-bond donors (Lipinski definition) is 1. The maximum atomic E-state index is 12.4. The Labute approximate surface area is 146 Å². The van der Waals surface area contributed by atoms with Crippen LogP contribution in [0.25, 0.3) is 21.1 Å². The minimum atomic E-state index is -0.309. The van der Waals surface area contributed by atoms with E-state index in [0.29, 0.717) is 16.0 Å². The molecule has 0 aliphatic rings. The number of aryl methyl sites for hydroxylation is 1. The smallest absolute Gasteiger partial charge is 0.261 e. The van der Waals surface area contributed by atoms with Gasteiger partial charge in [-0.2, -0.15) is 0 Å². The van der Waals surface area contributed by atoms with E-state index in [1.54, 1.807) is 18.2 Å². The SMILES string of the molecule is Cc1cccc2sc(NC(=O)Cn3cnc4ccccc4c3=O)nc12. The Hall–Kier alpha value is -3.06. The van der Waals surface area contributed by atoms with Gasteiger partial charge in [0.05, 0.1) is 27.4 Å². The summed E-state index contributed by atoms with van der Waals surface area (Å²) in [6, 6.07) is 13.0. The fraction of sp³-hybridized carbons (Fsp3) is 0.111. The lowest BCUT2D eigenvalue weighted by molar-refractivity contribution is -0.116. The van der Waals surface area contributed by atoms with Crippen molar-refractivity contribution < 1.29 is 4.79 Å². The van der Waals surface area contributed by atoms with Crippen LogP contribution in [0.5, 0.6) is 0 Å². The highest BCUT2D eigenvalue weighted by Gasteiger charge is 2.11. The molecule has 2 heterocycles. The Morgan fingerprint density at radius 3 is 2.88 bits per heavy atom. The molecule has 25 heavy (non-hydrogen) atoms. The van der Waals surface area contributed by atoms with Crippen LogP contribution >= 0.6 is 11.3 Å². The van der Waals surface area contributed by atoms with Crippen LogP contribution in [0.1, 0.15) is 5.56 Å². The second-order valence-corrected chi connectivity index (χ2v) is 6.71. The zero-order valence-electron chi connectivity index (χ0n) is 13.4. The van der Waals surface area contributed by atoms with Crippen molar-refractivity contribution >= 4 is 43.5 Å². The van der Waals surface area contributed by atoms with Crippen molar-refractivity contribution in [3.8, 4) is 0 Å². The molecule has 0 saturated heterocycles. The second-order valence-electron chi connectivity index (χ2n) is 5.68. The summed E-state index contributed by atoms with van der Waals surface area (Å²) in [7, 11) is 0. The highest BCUT2D eigenvalue weighted by molar-refractivity contribution is 7.22. The molecule has 0 aliphatic heterocycles. The van der Waals surface area contributed by atoms with Crippen LogP contribution in [-0.4, -0.2) is 20.4 Å². The molecule has 6 nitrogen and oxygen atoms in total. The van der Waals surface area contributed by atoms with Crippen LogP contribution in [0.2, 0.25) is 0 Å². The van der Waals surface area contributed by atoms with Crippen molar-refractivity contribution in [2.75, 3.05) is 5.32 Å². The first-order valence-electron chi connectivity index (χ1n) is 7.72. The van der Waals surface area contributed by atoms with E-state index in [4.69, 9.17) is 0 Å². The van der Waals surface area contributed by atoms with Gasteiger partial charge < -0.3 is 5.32 Å². The van der Waals surface area contributed by atoms with Crippen LogP contribution in [-0.2, 0) is 11.3 Å². The van der Waals surface area contributed by atoms with Gasteiger partial charge in [-0.25, -0.2) is 9.97 Å². The van der Waals surface area contributed by atoms with Gasteiger partial charge in [0.25, 0.3) is 5.56 Å². The molecule has 0 fully saturated rings. The van der Waals surface area contributed by atoms with Gasteiger partial charge in [0, 0.05) is 0 Å². The highest BCUT2D eigenvalue weighted by Crippen LogP contribution is 2.27. The molecule has 4 rings (SSSR count). The molecule has 1 N–H and O–H groups in total. The third-order valence-corrected chi connectivity index (χ3v) is 4.85. The van der Waals surface area contributed by atoms with Crippen molar-refractivity contribution in [1.29, 1.82) is 0 Å². The Bertz CT molecular complexity index is 1160. The lowest BCUT2D eigenvalue weighted by atomic mass is 10.2. The first kappa shape index (κ1) is 15.5. The van der Waals surface area contributed by atoms with Gasteiger partial charge in [-0.3, -0.25) is 14.2 Å². The van der Waals surface area contributed by atoms with Gasteiger partial charge >= 0.3 is 0 Å². The molecule has 124 valence electrons. The van der Waals surface area contributed by atoms with E-state index in [9.17, 15) is 9.59 Å². The third-order valence-electron chi connectivity index (χ3n) is 3.91. The zero-order valence-corrected chi connectivity index (χ0v) is 14.2. The normalized spacial score (nSPS) is 11.1. The fourth-order valence-electron chi connectivity index (χ4n) is 2.67. The van der Waals surface area contributed by atoms with E-state index < -0.39 is 0 Å². The number of aromatic nitrogens is 3. The maximum Gasteiger partial charge on any atom is 0.261 e. The van der Waals surface area contributed by atoms with Crippen LogP contribution in [0.15, 0.2) is 53.6 Å². The summed E-state index contributed by atoms with van der Waals surface area (Å²) in [6.07, 6.45) is 1.40. The number of amides is 1. The molecule has 0 aliphatic carbocycles. The lowest BCUT2D eigenvalue weighted by Gasteiger charge is -2.06. The predicted octanol–water partition coefficient (Wildman–Crippen LogP) is 2.95. The number of nitrogens with zero attached hydrogens (tertiary/aromatic N) is 3. The summed E-state index contributed by atoms with van der Waals surface area (Å²) in [5.41, 5.74) is 2.32. The summed E-state index contributed by atoms with van der Waals surface area (Å²) >= 11 is 1.41. The number of nitrogens with one attached hydrogen (secondary N) is 1. The average Bonchev–Trinajstić information content (AvgIpc) is 3.01. The van der Waals surface area contributed by atoms with Gasteiger partial charge in [-0.15, -0.1) is 0 Å². The quantitative estimate of drug-likeness (QED) is 0.616. The maximum absolute atomic E-state index is 12.4. The van der Waals surface area contributed by atoms with Crippen LogP contribution < -0.4 is 10.9 Å². The molecular formula is C18H14N4O2S. The van der Waals surface area contributed by atoms with Gasteiger partial charge in [-0.05, 0) is 30.7 Å². The number of anilines is 1. The van der Waals surface area contributed by atoms with E-state index in [2.05, 4.69) is 15.3 Å². The molecule has 7 heteroatoms. The lowest BCUT2D eigenvalue weighted by Crippen LogP contribution is -2.27. The number of fused-ring (bicyclic) bond motifs is 2. The van der Waals surface area contributed by atoms with Crippen molar-refractivity contribution in [2.45, 2.75) is 13.5 Å². The summed E-state index contributed by atoms with van der Waals surface area (Å²) in [6.45, 7) is 1.87. The van der Waals surface area contributed by atoms with Crippen LogP contribution in [0.3, 0.4) is 0 Å². The van der Waals surface area contributed by atoms with E-state index in [1.807, 2.05) is 31.2 Å². The molecule has 0 radical (unpaired) electrons. The Morgan fingerprint density at radius 1 is 1.20 bits per heavy atom. The standard InChI is InChI=1S/C18H14N4O2S/c1-11-5-4-8-14-16(11)21-18(25-14)20-15(23)9-22-10-19-13-7-3-2-6-12(13)17(22)24/h2-8,10H,9H2,1H3,(H,20,21,23). The Morgan fingerprint density at radius 2 is 2.04 bits per heavy atom. The largest absolute Gasteiger partial charge is 0.300 e. The summed E-state index contributed by atoms with van der Waals surface area (Å²) in [5.74, 6) is -0.309. The minimum Gasteiger partial charge on any atom is -0.300 e. The summed E-state index contributed by atoms with van der Waals surface area (Å²) in [4.78, 5) is 33.4. The predicted molar refractivity (Wildman–Crippen MR) is 99.0 cm³/mol. The van der Waals surface area contributed by atoms with Crippen molar-refractivity contribution in [3.05, 3.63) is 64.7 Å². The first-order chi connectivity index (χ1) is 12.1. The van der Waals surface area contributed by atoms with Crippen LogP contribution in [0, 0.1) is 6.92 Å². The Kier molecular flexibility index (Phi) is 3.77. The molecule has 2 aromatic heterocycles. The van der Waals surface area contributed by atoms with E-state index in [0.717, 1.165) is 15.8 Å². The van der Waals surface area contributed by atoms with Crippen molar-refractivity contribution in [3.63, 3.8) is 0 Å². The van der Waals surface area contributed by atoms with Crippen LogP contribution in [0.4, 0.5) is 5.13 Å². The monoisotopic (exact) mass is 350 g/mol. The number of hydrogen-bond acceptors (Lipinski definition) is 5. The molecule has 4 aromatic rings.